The van der Waals surface area contributed by atoms with E-state index in [1.807, 2.05) is 12.1 Å². The van der Waals surface area contributed by atoms with Crippen molar-refractivity contribution in [1.29, 1.82) is 0 Å². The summed E-state index contributed by atoms with van der Waals surface area (Å²) in [6.07, 6.45) is 2.78. The normalized spacial score (nSPS) is 14.9. The van der Waals surface area contributed by atoms with Gasteiger partial charge in [0, 0.05) is 49.5 Å². The second-order valence-corrected chi connectivity index (χ2v) is 10.3. The SMILES string of the molecule is COc1cccc(N2CCN(CCCC(N)Cc3c(OCc4ccc(F)cc4)ccc4ccccc34)CC2)c1. The van der Waals surface area contributed by atoms with Crippen LogP contribution in [0.25, 0.3) is 10.8 Å². The molecule has 1 atom stereocenters. The predicted molar refractivity (Wildman–Crippen MR) is 157 cm³/mol. The molecule has 1 saturated heterocycles. The number of halogens is 1. The lowest BCUT2D eigenvalue weighted by Gasteiger charge is -2.36. The lowest BCUT2D eigenvalue weighted by Crippen LogP contribution is -2.46. The molecule has 1 heterocycles. The van der Waals surface area contributed by atoms with Gasteiger partial charge in [0.15, 0.2) is 0 Å². The van der Waals surface area contributed by atoms with Crippen molar-refractivity contribution in [2.45, 2.75) is 31.9 Å². The molecule has 39 heavy (non-hydrogen) atoms. The van der Waals surface area contributed by atoms with Crippen molar-refractivity contribution in [3.8, 4) is 11.5 Å². The Kier molecular flexibility index (Phi) is 8.96. The quantitative estimate of drug-likeness (QED) is 0.258. The number of ether oxygens (including phenoxy) is 2. The van der Waals surface area contributed by atoms with Crippen LogP contribution in [-0.4, -0.2) is 50.8 Å². The van der Waals surface area contributed by atoms with Gasteiger partial charge in [-0.3, -0.25) is 4.90 Å². The number of nitrogens with zero attached hydrogens (tertiary/aromatic N) is 2. The molecule has 5 rings (SSSR count). The van der Waals surface area contributed by atoms with Crippen LogP contribution in [0.3, 0.4) is 0 Å². The van der Waals surface area contributed by atoms with Crippen LogP contribution in [0.5, 0.6) is 11.5 Å². The summed E-state index contributed by atoms with van der Waals surface area (Å²) in [6.45, 7) is 5.59. The first-order chi connectivity index (χ1) is 19.1. The molecule has 0 amide bonds. The van der Waals surface area contributed by atoms with Gasteiger partial charge in [0.1, 0.15) is 23.9 Å². The van der Waals surface area contributed by atoms with Gasteiger partial charge < -0.3 is 20.1 Å². The summed E-state index contributed by atoms with van der Waals surface area (Å²) in [6, 6.07) is 27.3. The van der Waals surface area contributed by atoms with Gasteiger partial charge in [0.25, 0.3) is 0 Å². The van der Waals surface area contributed by atoms with E-state index in [-0.39, 0.29) is 11.9 Å². The molecular formula is C33H38FN3O2. The van der Waals surface area contributed by atoms with E-state index in [0.717, 1.165) is 74.6 Å². The Balaban J connectivity index is 1.15. The Morgan fingerprint density at radius 2 is 1.69 bits per heavy atom. The molecule has 0 aliphatic carbocycles. The Morgan fingerprint density at radius 1 is 0.897 bits per heavy atom. The maximum absolute atomic E-state index is 13.3. The molecule has 0 spiro atoms. The van der Waals surface area contributed by atoms with Crippen LogP contribution in [0, 0.1) is 5.82 Å². The number of piperazine rings is 1. The zero-order valence-corrected chi connectivity index (χ0v) is 22.7. The number of fused-ring (bicyclic) bond motifs is 1. The number of nitrogens with two attached hydrogens (primary N) is 1. The number of rotatable bonds is 11. The van der Waals surface area contributed by atoms with Crippen molar-refractivity contribution in [2.24, 2.45) is 5.73 Å². The monoisotopic (exact) mass is 527 g/mol. The van der Waals surface area contributed by atoms with Gasteiger partial charge in [0.2, 0.25) is 0 Å². The molecule has 0 radical (unpaired) electrons. The molecule has 1 unspecified atom stereocenters. The number of hydrogen-bond donors (Lipinski definition) is 1. The first-order valence-corrected chi connectivity index (χ1v) is 13.8. The molecule has 1 fully saturated rings. The predicted octanol–water partition coefficient (Wildman–Crippen LogP) is 6.04. The van der Waals surface area contributed by atoms with Gasteiger partial charge in [-0.2, -0.15) is 0 Å². The summed E-state index contributed by atoms with van der Waals surface area (Å²) < 4.78 is 24.9. The summed E-state index contributed by atoms with van der Waals surface area (Å²) in [5.74, 6) is 1.51. The minimum absolute atomic E-state index is 0.0436. The third kappa shape index (κ3) is 7.08. The van der Waals surface area contributed by atoms with E-state index in [4.69, 9.17) is 15.2 Å². The molecule has 1 aliphatic rings. The van der Waals surface area contributed by atoms with E-state index >= 15 is 0 Å². The Hall–Kier alpha value is -3.61. The van der Waals surface area contributed by atoms with Crippen molar-refractivity contribution in [2.75, 3.05) is 44.7 Å². The first-order valence-electron chi connectivity index (χ1n) is 13.8. The summed E-state index contributed by atoms with van der Waals surface area (Å²) in [5.41, 5.74) is 10.0. The van der Waals surface area contributed by atoms with Crippen molar-refractivity contribution >= 4 is 16.5 Å². The molecule has 2 N–H and O–H groups in total. The van der Waals surface area contributed by atoms with E-state index in [0.29, 0.717) is 6.61 Å². The molecule has 1 aliphatic heterocycles. The topological polar surface area (TPSA) is 51.0 Å². The van der Waals surface area contributed by atoms with Gasteiger partial charge in [-0.25, -0.2) is 4.39 Å². The van der Waals surface area contributed by atoms with E-state index in [9.17, 15) is 4.39 Å². The Labute approximate surface area is 230 Å². The highest BCUT2D eigenvalue weighted by atomic mass is 19.1. The summed E-state index contributed by atoms with van der Waals surface area (Å²) in [5, 5.41) is 2.36. The van der Waals surface area contributed by atoms with Crippen LogP contribution >= 0.6 is 0 Å². The average Bonchev–Trinajstić information content (AvgIpc) is 2.98. The van der Waals surface area contributed by atoms with Gasteiger partial charge >= 0.3 is 0 Å². The zero-order chi connectivity index (χ0) is 27.0. The first kappa shape index (κ1) is 27.0. The Morgan fingerprint density at radius 3 is 2.49 bits per heavy atom. The van der Waals surface area contributed by atoms with Gasteiger partial charge in [-0.1, -0.05) is 48.5 Å². The number of anilines is 1. The molecule has 4 aromatic carbocycles. The molecule has 0 aromatic heterocycles. The highest BCUT2D eigenvalue weighted by molar-refractivity contribution is 5.87. The maximum atomic E-state index is 13.3. The van der Waals surface area contributed by atoms with Crippen LogP contribution in [0.4, 0.5) is 10.1 Å². The van der Waals surface area contributed by atoms with Gasteiger partial charge in [-0.15, -0.1) is 0 Å². The lowest BCUT2D eigenvalue weighted by atomic mass is 9.96. The van der Waals surface area contributed by atoms with Crippen molar-refractivity contribution < 1.29 is 13.9 Å². The second kappa shape index (κ2) is 13.0. The van der Waals surface area contributed by atoms with E-state index in [1.54, 1.807) is 19.2 Å². The number of hydrogen-bond acceptors (Lipinski definition) is 5. The fraction of sp³-hybridized carbons (Fsp3) is 0.333. The molecule has 0 saturated carbocycles. The molecular weight excluding hydrogens is 489 g/mol. The highest BCUT2D eigenvalue weighted by Crippen LogP contribution is 2.30. The standard InChI is InChI=1S/C33H38FN3O2/c1-38-30-9-4-8-29(23-30)37-20-18-36(19-21-37)17-5-7-28(35)22-32-31-10-3-2-6-26(31)13-16-33(32)39-24-25-11-14-27(34)15-12-25/h2-4,6,8-16,23,28H,5,7,17-22,24,35H2,1H3. The van der Waals surface area contributed by atoms with Crippen molar-refractivity contribution in [3.05, 3.63) is 102 Å². The third-order valence-corrected chi connectivity index (χ3v) is 7.61. The number of methoxy groups -OCH3 is 1. The zero-order valence-electron chi connectivity index (χ0n) is 22.7. The summed E-state index contributed by atoms with van der Waals surface area (Å²) >= 11 is 0. The second-order valence-electron chi connectivity index (χ2n) is 10.3. The largest absolute Gasteiger partial charge is 0.497 e. The Bertz CT molecular complexity index is 1350. The molecule has 6 heteroatoms. The molecule has 5 nitrogen and oxygen atoms in total. The van der Waals surface area contributed by atoms with Crippen LogP contribution in [-0.2, 0) is 13.0 Å². The highest BCUT2D eigenvalue weighted by Gasteiger charge is 2.18. The molecule has 204 valence electrons. The third-order valence-electron chi connectivity index (χ3n) is 7.61. The minimum Gasteiger partial charge on any atom is -0.497 e. The molecule has 4 aromatic rings. The van der Waals surface area contributed by atoms with Crippen LogP contribution in [0.1, 0.15) is 24.0 Å². The van der Waals surface area contributed by atoms with Crippen LogP contribution in [0.2, 0.25) is 0 Å². The van der Waals surface area contributed by atoms with E-state index in [2.05, 4.69) is 58.3 Å². The maximum Gasteiger partial charge on any atom is 0.123 e. The fourth-order valence-electron chi connectivity index (χ4n) is 5.38. The van der Waals surface area contributed by atoms with E-state index in [1.165, 1.54) is 28.6 Å². The van der Waals surface area contributed by atoms with E-state index < -0.39 is 0 Å². The summed E-state index contributed by atoms with van der Waals surface area (Å²) in [4.78, 5) is 4.97. The smallest absolute Gasteiger partial charge is 0.123 e. The fourth-order valence-corrected chi connectivity index (χ4v) is 5.38. The van der Waals surface area contributed by atoms with Crippen LogP contribution < -0.4 is 20.1 Å². The van der Waals surface area contributed by atoms with Crippen LogP contribution in [0.15, 0.2) is 84.9 Å². The lowest BCUT2D eigenvalue weighted by molar-refractivity contribution is 0.250. The number of benzene rings is 4. The van der Waals surface area contributed by atoms with Crippen molar-refractivity contribution in [3.63, 3.8) is 0 Å². The van der Waals surface area contributed by atoms with Crippen molar-refractivity contribution in [1.82, 2.24) is 4.90 Å². The summed E-state index contributed by atoms with van der Waals surface area (Å²) in [7, 11) is 1.71. The van der Waals surface area contributed by atoms with Gasteiger partial charge in [-0.05, 0) is 72.5 Å². The van der Waals surface area contributed by atoms with Gasteiger partial charge in [0.05, 0.1) is 7.11 Å². The average molecular weight is 528 g/mol. The minimum atomic E-state index is -0.241. The molecule has 0 bridgehead atoms.